The highest BCUT2D eigenvalue weighted by atomic mass is 16.3. The zero-order chi connectivity index (χ0) is 13.1. The lowest BCUT2D eigenvalue weighted by Crippen LogP contribution is -2.16. The van der Waals surface area contributed by atoms with E-state index in [1.54, 1.807) is 24.9 Å². The van der Waals surface area contributed by atoms with Crippen molar-refractivity contribution in [2.45, 2.75) is 6.04 Å². The van der Waals surface area contributed by atoms with E-state index in [1.165, 1.54) is 0 Å². The molecule has 3 rings (SSSR count). The van der Waals surface area contributed by atoms with Gasteiger partial charge in [0.1, 0.15) is 17.6 Å². The number of furan rings is 1. The number of pyridine rings is 1. The van der Waals surface area contributed by atoms with E-state index in [4.69, 9.17) is 4.42 Å². The standard InChI is InChI=1S/C14H14N4O/c1-18-8-7-16-14(18)13(12-5-3-9-19-12)17-11-4-2-6-15-10-11/h2-10,13,17H,1H3. The summed E-state index contributed by atoms with van der Waals surface area (Å²) in [5.41, 5.74) is 0.923. The van der Waals surface area contributed by atoms with Gasteiger partial charge in [-0.25, -0.2) is 4.98 Å². The van der Waals surface area contributed by atoms with Crippen LogP contribution in [0.25, 0.3) is 0 Å². The first-order chi connectivity index (χ1) is 9.34. The van der Waals surface area contributed by atoms with Crippen molar-refractivity contribution in [2.75, 3.05) is 5.32 Å². The van der Waals surface area contributed by atoms with E-state index in [0.717, 1.165) is 17.3 Å². The smallest absolute Gasteiger partial charge is 0.143 e. The maximum atomic E-state index is 5.51. The number of imidazole rings is 1. The Morgan fingerprint density at radius 1 is 1.26 bits per heavy atom. The topological polar surface area (TPSA) is 55.9 Å². The number of aromatic nitrogens is 3. The van der Waals surface area contributed by atoms with Gasteiger partial charge in [0, 0.05) is 31.8 Å². The quantitative estimate of drug-likeness (QED) is 0.777. The Labute approximate surface area is 110 Å². The fourth-order valence-corrected chi connectivity index (χ4v) is 1.99. The molecule has 0 aliphatic carbocycles. The van der Waals surface area contributed by atoms with Gasteiger partial charge in [-0.1, -0.05) is 0 Å². The second-order valence-electron chi connectivity index (χ2n) is 4.23. The van der Waals surface area contributed by atoms with Crippen LogP contribution >= 0.6 is 0 Å². The minimum Gasteiger partial charge on any atom is -0.467 e. The number of nitrogens with one attached hydrogen (secondary N) is 1. The lowest BCUT2D eigenvalue weighted by Gasteiger charge is -2.17. The highest BCUT2D eigenvalue weighted by Crippen LogP contribution is 2.25. The van der Waals surface area contributed by atoms with Gasteiger partial charge < -0.3 is 14.3 Å². The molecule has 96 valence electrons. The van der Waals surface area contributed by atoms with Crippen molar-refractivity contribution in [1.82, 2.24) is 14.5 Å². The third-order valence-electron chi connectivity index (χ3n) is 2.92. The number of nitrogens with zero attached hydrogens (tertiary/aromatic N) is 3. The summed E-state index contributed by atoms with van der Waals surface area (Å²) in [6.45, 7) is 0. The minimum atomic E-state index is -0.140. The Morgan fingerprint density at radius 2 is 2.21 bits per heavy atom. The first kappa shape index (κ1) is 11.5. The van der Waals surface area contributed by atoms with E-state index in [0.29, 0.717) is 0 Å². The predicted octanol–water partition coefficient (Wildman–Crippen LogP) is 2.61. The molecule has 3 heterocycles. The molecule has 3 aromatic rings. The molecule has 0 bridgehead atoms. The highest BCUT2D eigenvalue weighted by molar-refractivity contribution is 5.44. The van der Waals surface area contributed by atoms with Gasteiger partial charge in [-0.05, 0) is 24.3 Å². The van der Waals surface area contributed by atoms with E-state index in [2.05, 4.69) is 15.3 Å². The van der Waals surface area contributed by atoms with Gasteiger partial charge in [0.2, 0.25) is 0 Å². The third-order valence-corrected chi connectivity index (χ3v) is 2.92. The fraction of sp³-hybridized carbons (Fsp3) is 0.143. The van der Waals surface area contributed by atoms with Crippen molar-refractivity contribution in [3.8, 4) is 0 Å². The molecule has 19 heavy (non-hydrogen) atoms. The Hall–Kier alpha value is -2.56. The molecule has 0 radical (unpaired) electrons. The number of anilines is 1. The van der Waals surface area contributed by atoms with Crippen molar-refractivity contribution in [3.05, 3.63) is 66.9 Å². The van der Waals surface area contributed by atoms with Crippen LogP contribution in [0.1, 0.15) is 17.6 Å². The normalized spacial score (nSPS) is 12.3. The van der Waals surface area contributed by atoms with Crippen molar-refractivity contribution in [1.29, 1.82) is 0 Å². The molecule has 3 aromatic heterocycles. The molecular formula is C14H14N4O. The monoisotopic (exact) mass is 254 g/mol. The van der Waals surface area contributed by atoms with Crippen LogP contribution in [-0.2, 0) is 7.05 Å². The predicted molar refractivity (Wildman–Crippen MR) is 71.6 cm³/mol. The van der Waals surface area contributed by atoms with Crippen LogP contribution in [0.5, 0.6) is 0 Å². The summed E-state index contributed by atoms with van der Waals surface area (Å²) in [7, 11) is 1.96. The first-order valence-corrected chi connectivity index (χ1v) is 6.02. The van der Waals surface area contributed by atoms with Crippen LogP contribution in [0, 0.1) is 0 Å². The summed E-state index contributed by atoms with van der Waals surface area (Å²) in [5.74, 6) is 1.71. The van der Waals surface area contributed by atoms with E-state index in [-0.39, 0.29) is 6.04 Å². The van der Waals surface area contributed by atoms with Crippen molar-refractivity contribution >= 4 is 5.69 Å². The fourth-order valence-electron chi connectivity index (χ4n) is 1.99. The van der Waals surface area contributed by atoms with Crippen molar-refractivity contribution in [2.24, 2.45) is 7.05 Å². The summed E-state index contributed by atoms with van der Waals surface area (Å²) in [5, 5.41) is 3.39. The number of rotatable bonds is 4. The maximum absolute atomic E-state index is 5.51. The molecule has 1 N–H and O–H groups in total. The maximum Gasteiger partial charge on any atom is 0.143 e. The molecule has 0 aromatic carbocycles. The lowest BCUT2D eigenvalue weighted by molar-refractivity contribution is 0.488. The van der Waals surface area contributed by atoms with Crippen LogP contribution in [-0.4, -0.2) is 14.5 Å². The summed E-state index contributed by atoms with van der Waals surface area (Å²) in [6, 6.07) is 7.52. The molecule has 0 amide bonds. The summed E-state index contributed by atoms with van der Waals surface area (Å²) in [4.78, 5) is 8.49. The number of hydrogen-bond acceptors (Lipinski definition) is 4. The second kappa shape index (κ2) is 4.97. The van der Waals surface area contributed by atoms with E-state index >= 15 is 0 Å². The van der Waals surface area contributed by atoms with Crippen LogP contribution in [0.3, 0.4) is 0 Å². The largest absolute Gasteiger partial charge is 0.467 e. The number of hydrogen-bond donors (Lipinski definition) is 1. The summed E-state index contributed by atoms with van der Waals surface area (Å²) >= 11 is 0. The Kier molecular flexibility index (Phi) is 3.02. The molecule has 5 heteroatoms. The van der Waals surface area contributed by atoms with Crippen LogP contribution in [0.2, 0.25) is 0 Å². The van der Waals surface area contributed by atoms with Gasteiger partial charge in [0.05, 0.1) is 12.0 Å². The zero-order valence-corrected chi connectivity index (χ0v) is 10.5. The zero-order valence-electron chi connectivity index (χ0n) is 10.5. The third kappa shape index (κ3) is 2.35. The Bertz CT molecular complexity index is 631. The Morgan fingerprint density at radius 3 is 2.84 bits per heavy atom. The average Bonchev–Trinajstić information content (AvgIpc) is 3.09. The van der Waals surface area contributed by atoms with Gasteiger partial charge in [0.15, 0.2) is 0 Å². The summed E-state index contributed by atoms with van der Waals surface area (Å²) < 4.78 is 7.48. The van der Waals surface area contributed by atoms with Crippen molar-refractivity contribution in [3.63, 3.8) is 0 Å². The first-order valence-electron chi connectivity index (χ1n) is 6.02. The van der Waals surface area contributed by atoms with Gasteiger partial charge in [-0.2, -0.15) is 0 Å². The highest BCUT2D eigenvalue weighted by Gasteiger charge is 2.20. The van der Waals surface area contributed by atoms with Gasteiger partial charge in [0.25, 0.3) is 0 Å². The van der Waals surface area contributed by atoms with E-state index < -0.39 is 0 Å². The van der Waals surface area contributed by atoms with E-state index in [9.17, 15) is 0 Å². The van der Waals surface area contributed by atoms with Crippen molar-refractivity contribution < 1.29 is 4.42 Å². The lowest BCUT2D eigenvalue weighted by atomic mass is 10.2. The van der Waals surface area contributed by atoms with Crippen LogP contribution in [0.15, 0.2) is 59.7 Å². The van der Waals surface area contributed by atoms with Crippen LogP contribution < -0.4 is 5.32 Å². The number of aryl methyl sites for hydroxylation is 1. The molecule has 0 aliphatic rings. The van der Waals surface area contributed by atoms with Crippen LogP contribution in [0.4, 0.5) is 5.69 Å². The SMILES string of the molecule is Cn1ccnc1C(Nc1cccnc1)c1ccco1. The second-order valence-corrected chi connectivity index (χ2v) is 4.23. The molecule has 0 spiro atoms. The molecular weight excluding hydrogens is 240 g/mol. The Balaban J connectivity index is 1.96. The molecule has 0 saturated heterocycles. The average molecular weight is 254 g/mol. The van der Waals surface area contributed by atoms with E-state index in [1.807, 2.05) is 42.1 Å². The van der Waals surface area contributed by atoms with Gasteiger partial charge >= 0.3 is 0 Å². The molecule has 0 aliphatic heterocycles. The molecule has 1 atom stereocenters. The minimum absolute atomic E-state index is 0.140. The summed E-state index contributed by atoms with van der Waals surface area (Å²) in [6.07, 6.45) is 8.87. The molecule has 1 unspecified atom stereocenters. The molecule has 0 fully saturated rings. The van der Waals surface area contributed by atoms with Gasteiger partial charge in [-0.15, -0.1) is 0 Å². The molecule has 5 nitrogen and oxygen atoms in total. The molecule has 0 saturated carbocycles. The van der Waals surface area contributed by atoms with Gasteiger partial charge in [-0.3, -0.25) is 4.98 Å².